The van der Waals surface area contributed by atoms with Crippen molar-refractivity contribution in [1.82, 2.24) is 15.2 Å². The Morgan fingerprint density at radius 2 is 1.87 bits per heavy atom. The maximum Gasteiger partial charge on any atom is 0.251 e. The Kier molecular flexibility index (Phi) is 6.79. The van der Waals surface area contributed by atoms with E-state index in [4.69, 9.17) is 0 Å². The molecule has 4 rings (SSSR count). The Morgan fingerprint density at radius 1 is 1.03 bits per heavy atom. The van der Waals surface area contributed by atoms with Gasteiger partial charge in [0.05, 0.1) is 0 Å². The summed E-state index contributed by atoms with van der Waals surface area (Å²) in [4.78, 5) is 30.4. The lowest BCUT2D eigenvalue weighted by atomic mass is 10.1. The van der Waals surface area contributed by atoms with Gasteiger partial charge in [0.1, 0.15) is 0 Å². The van der Waals surface area contributed by atoms with Crippen LogP contribution >= 0.6 is 0 Å². The van der Waals surface area contributed by atoms with E-state index in [0.29, 0.717) is 17.8 Å². The first-order valence-corrected chi connectivity index (χ1v) is 10.8. The fourth-order valence-electron chi connectivity index (χ4n) is 3.93. The van der Waals surface area contributed by atoms with E-state index in [2.05, 4.69) is 20.5 Å². The summed E-state index contributed by atoms with van der Waals surface area (Å²) in [5, 5.41) is 6.87. The third kappa shape index (κ3) is 5.61. The zero-order chi connectivity index (χ0) is 21.5. The van der Waals surface area contributed by atoms with Crippen molar-refractivity contribution < 1.29 is 9.59 Å². The highest BCUT2D eigenvalue weighted by Gasteiger charge is 2.11. The zero-order valence-corrected chi connectivity index (χ0v) is 17.6. The van der Waals surface area contributed by atoms with Crippen molar-refractivity contribution in [3.8, 4) is 0 Å². The molecule has 1 fully saturated rings. The van der Waals surface area contributed by atoms with Gasteiger partial charge in [-0.25, -0.2) is 0 Å². The molecule has 1 aromatic heterocycles. The van der Waals surface area contributed by atoms with Crippen molar-refractivity contribution in [2.24, 2.45) is 0 Å². The zero-order valence-electron chi connectivity index (χ0n) is 17.6. The second-order valence-electron chi connectivity index (χ2n) is 7.85. The number of fused-ring (bicyclic) bond motifs is 1. The van der Waals surface area contributed by atoms with Gasteiger partial charge < -0.3 is 20.5 Å². The SMILES string of the molecule is O=C(/C=C/c1c[nH]c2ccccc12)Nc1cccc(C(=O)NCCN2CCCCC2)c1. The molecule has 6 nitrogen and oxygen atoms in total. The van der Waals surface area contributed by atoms with E-state index >= 15 is 0 Å². The second-order valence-corrected chi connectivity index (χ2v) is 7.85. The van der Waals surface area contributed by atoms with Crippen LogP contribution in [0.4, 0.5) is 5.69 Å². The third-order valence-electron chi connectivity index (χ3n) is 5.59. The lowest BCUT2D eigenvalue weighted by molar-refractivity contribution is -0.111. The number of nitrogens with zero attached hydrogens (tertiary/aromatic N) is 1. The van der Waals surface area contributed by atoms with Gasteiger partial charge in [0.15, 0.2) is 0 Å². The van der Waals surface area contributed by atoms with Gasteiger partial charge in [-0.05, 0) is 61.8 Å². The molecule has 1 aliphatic rings. The number of anilines is 1. The van der Waals surface area contributed by atoms with Crippen LogP contribution in [0.15, 0.2) is 60.8 Å². The van der Waals surface area contributed by atoms with Gasteiger partial charge in [-0.3, -0.25) is 9.59 Å². The quantitative estimate of drug-likeness (QED) is 0.509. The van der Waals surface area contributed by atoms with Crippen molar-refractivity contribution in [2.75, 3.05) is 31.5 Å². The van der Waals surface area contributed by atoms with E-state index in [9.17, 15) is 9.59 Å². The molecule has 3 aromatic rings. The van der Waals surface area contributed by atoms with Crippen LogP contribution in [-0.4, -0.2) is 47.9 Å². The minimum Gasteiger partial charge on any atom is -0.361 e. The van der Waals surface area contributed by atoms with Crippen LogP contribution in [0.2, 0.25) is 0 Å². The molecule has 0 atom stereocenters. The van der Waals surface area contributed by atoms with Gasteiger partial charge >= 0.3 is 0 Å². The molecule has 0 unspecified atom stereocenters. The van der Waals surface area contributed by atoms with E-state index in [1.807, 2.05) is 30.5 Å². The Balaban J connectivity index is 1.31. The molecule has 0 aliphatic carbocycles. The molecule has 0 bridgehead atoms. The smallest absolute Gasteiger partial charge is 0.251 e. The number of nitrogens with one attached hydrogen (secondary N) is 3. The molecule has 160 valence electrons. The van der Waals surface area contributed by atoms with Gasteiger partial charge in [0, 0.05) is 47.5 Å². The average Bonchev–Trinajstić information content (AvgIpc) is 3.22. The summed E-state index contributed by atoms with van der Waals surface area (Å²) in [7, 11) is 0. The molecule has 0 saturated carbocycles. The van der Waals surface area contributed by atoms with Crippen LogP contribution in [-0.2, 0) is 4.79 Å². The molecule has 31 heavy (non-hydrogen) atoms. The predicted molar refractivity (Wildman–Crippen MR) is 125 cm³/mol. The van der Waals surface area contributed by atoms with Crippen LogP contribution in [0, 0.1) is 0 Å². The van der Waals surface area contributed by atoms with Crippen molar-refractivity contribution >= 4 is 34.5 Å². The molecule has 0 radical (unpaired) electrons. The minimum absolute atomic E-state index is 0.123. The molecule has 2 aromatic carbocycles. The topological polar surface area (TPSA) is 77.2 Å². The Labute approximate surface area is 182 Å². The van der Waals surface area contributed by atoms with E-state index in [0.717, 1.165) is 36.1 Å². The average molecular weight is 417 g/mol. The van der Waals surface area contributed by atoms with Gasteiger partial charge in [-0.1, -0.05) is 30.7 Å². The number of piperidine rings is 1. The summed E-state index contributed by atoms with van der Waals surface area (Å²) in [6.45, 7) is 3.73. The van der Waals surface area contributed by atoms with E-state index in [1.165, 1.54) is 25.3 Å². The van der Waals surface area contributed by atoms with Gasteiger partial charge in [0.2, 0.25) is 5.91 Å². The van der Waals surface area contributed by atoms with Crippen molar-refractivity contribution in [1.29, 1.82) is 0 Å². The van der Waals surface area contributed by atoms with Gasteiger partial charge in [-0.15, -0.1) is 0 Å². The molecular weight excluding hydrogens is 388 g/mol. The van der Waals surface area contributed by atoms with Gasteiger partial charge in [0.25, 0.3) is 5.91 Å². The third-order valence-corrected chi connectivity index (χ3v) is 5.59. The number of hydrogen-bond acceptors (Lipinski definition) is 3. The summed E-state index contributed by atoms with van der Waals surface area (Å²) in [6, 6.07) is 15.0. The lowest BCUT2D eigenvalue weighted by Gasteiger charge is -2.26. The number of aromatic nitrogens is 1. The number of H-pyrrole nitrogens is 1. The van der Waals surface area contributed by atoms with Crippen LogP contribution in [0.25, 0.3) is 17.0 Å². The first-order chi connectivity index (χ1) is 15.2. The fraction of sp³-hybridized carbons (Fsp3) is 0.280. The highest BCUT2D eigenvalue weighted by atomic mass is 16.2. The maximum absolute atomic E-state index is 12.5. The molecule has 0 spiro atoms. The number of likely N-dealkylation sites (tertiary alicyclic amines) is 1. The highest BCUT2D eigenvalue weighted by molar-refractivity contribution is 6.04. The first kappa shape index (κ1) is 20.9. The summed E-state index contributed by atoms with van der Waals surface area (Å²) in [5.74, 6) is -0.365. The van der Waals surface area contributed by atoms with Crippen molar-refractivity contribution in [3.05, 3.63) is 71.9 Å². The summed E-state index contributed by atoms with van der Waals surface area (Å²) in [6.07, 6.45) is 8.95. The van der Waals surface area contributed by atoms with E-state index in [1.54, 1.807) is 30.3 Å². The second kappa shape index (κ2) is 10.1. The maximum atomic E-state index is 12.5. The normalized spacial score (nSPS) is 14.7. The van der Waals surface area contributed by atoms with Crippen LogP contribution in [0.1, 0.15) is 35.2 Å². The number of rotatable bonds is 7. The first-order valence-electron chi connectivity index (χ1n) is 10.8. The van der Waals surface area contributed by atoms with Crippen molar-refractivity contribution in [2.45, 2.75) is 19.3 Å². The monoisotopic (exact) mass is 416 g/mol. The van der Waals surface area contributed by atoms with Crippen LogP contribution < -0.4 is 10.6 Å². The molecule has 2 amide bonds. The molecule has 1 saturated heterocycles. The molecule has 1 aliphatic heterocycles. The van der Waals surface area contributed by atoms with E-state index < -0.39 is 0 Å². The summed E-state index contributed by atoms with van der Waals surface area (Å²) >= 11 is 0. The summed E-state index contributed by atoms with van der Waals surface area (Å²) in [5.41, 5.74) is 3.11. The fourth-order valence-corrected chi connectivity index (χ4v) is 3.93. The Hall–Kier alpha value is -3.38. The molecule has 3 N–H and O–H groups in total. The highest BCUT2D eigenvalue weighted by Crippen LogP contribution is 2.19. The van der Waals surface area contributed by atoms with Crippen molar-refractivity contribution in [3.63, 3.8) is 0 Å². The Bertz CT molecular complexity index is 1080. The Morgan fingerprint density at radius 3 is 2.74 bits per heavy atom. The predicted octanol–water partition coefficient (Wildman–Crippen LogP) is 4.04. The van der Waals surface area contributed by atoms with Crippen LogP contribution in [0.3, 0.4) is 0 Å². The standard InChI is InChI=1S/C25H28N4O2/c30-24(12-11-20-18-27-23-10-3-2-9-22(20)23)28-21-8-6-7-19(17-21)25(31)26-13-16-29-14-4-1-5-15-29/h2-3,6-12,17-18,27H,1,4-5,13-16H2,(H,26,31)(H,28,30)/b12-11+. The van der Waals surface area contributed by atoms with Crippen LogP contribution in [0.5, 0.6) is 0 Å². The number of para-hydroxylation sites is 1. The van der Waals surface area contributed by atoms with Gasteiger partial charge in [-0.2, -0.15) is 0 Å². The summed E-state index contributed by atoms with van der Waals surface area (Å²) < 4.78 is 0. The minimum atomic E-state index is -0.243. The number of carbonyl (C=O) groups excluding carboxylic acids is 2. The largest absolute Gasteiger partial charge is 0.361 e. The number of aromatic amines is 1. The number of carbonyl (C=O) groups is 2. The molecular formula is C25H28N4O2. The molecule has 2 heterocycles. The van der Waals surface area contributed by atoms with E-state index in [-0.39, 0.29) is 11.8 Å². The lowest BCUT2D eigenvalue weighted by Crippen LogP contribution is -2.37. The molecule has 6 heteroatoms. The number of benzene rings is 2. The number of hydrogen-bond donors (Lipinski definition) is 3. The number of amides is 2.